The molecule has 0 atom stereocenters. The first kappa shape index (κ1) is 20.0. The van der Waals surface area contributed by atoms with E-state index < -0.39 is 18.0 Å². The summed E-state index contributed by atoms with van der Waals surface area (Å²) in [5, 5.41) is 2.67. The van der Waals surface area contributed by atoms with E-state index in [0.717, 1.165) is 17.7 Å². The minimum Gasteiger partial charge on any atom is -0.493 e. The van der Waals surface area contributed by atoms with E-state index in [0.29, 0.717) is 11.5 Å². The maximum Gasteiger partial charge on any atom is 0.573 e. The minimum absolute atomic E-state index is 0.0680. The van der Waals surface area contributed by atoms with Gasteiger partial charge in [-0.2, -0.15) is 0 Å². The molecule has 0 saturated heterocycles. The van der Waals surface area contributed by atoms with Crippen LogP contribution in [0.5, 0.6) is 17.2 Å². The first-order valence-electron chi connectivity index (χ1n) is 7.69. The van der Waals surface area contributed by atoms with Gasteiger partial charge in [0, 0.05) is 12.1 Å². The average molecular weight is 379 g/mol. The van der Waals surface area contributed by atoms with Crippen LogP contribution >= 0.6 is 0 Å². The van der Waals surface area contributed by atoms with Gasteiger partial charge in [-0.25, -0.2) is 0 Å². The van der Waals surface area contributed by atoms with Crippen LogP contribution in [0, 0.1) is 12.3 Å². The molecule has 0 unspecified atom stereocenters. The van der Waals surface area contributed by atoms with E-state index in [1.807, 2.05) is 0 Å². The Bertz CT molecular complexity index is 826. The van der Waals surface area contributed by atoms with Gasteiger partial charge in [0.2, 0.25) is 0 Å². The Morgan fingerprint density at radius 1 is 1.15 bits per heavy atom. The van der Waals surface area contributed by atoms with Crippen LogP contribution in [0.15, 0.2) is 42.5 Å². The second-order valence-corrected chi connectivity index (χ2v) is 5.23. The number of rotatable bonds is 7. The van der Waals surface area contributed by atoms with Crippen molar-refractivity contribution < 1.29 is 32.2 Å². The Morgan fingerprint density at radius 2 is 1.85 bits per heavy atom. The summed E-state index contributed by atoms with van der Waals surface area (Å²) in [6.07, 6.45) is 0.389. The number of carbonyl (C=O) groups is 1. The van der Waals surface area contributed by atoms with Crippen molar-refractivity contribution in [1.29, 1.82) is 0 Å². The number of hydrogen-bond acceptors (Lipinski definition) is 4. The van der Waals surface area contributed by atoms with Crippen molar-refractivity contribution in [2.75, 3.05) is 13.7 Å². The summed E-state index contributed by atoms with van der Waals surface area (Å²) in [7, 11) is 1.49. The number of terminal acetylenes is 1. The molecular weight excluding hydrogens is 363 g/mol. The molecule has 1 N–H and O–H groups in total. The number of ether oxygens (including phenoxy) is 3. The molecule has 0 fully saturated rings. The standard InChI is InChI=1S/C19H16F3NO4/c1-3-10-26-17-11-13(4-9-16(17)25-2)12-23-18(24)14-5-7-15(8-6-14)27-19(20,21)22/h1,4-9,11H,10,12H2,2H3,(H,23,24). The number of carbonyl (C=O) groups excluding carboxylic acids is 1. The molecule has 2 aromatic carbocycles. The number of methoxy groups -OCH3 is 1. The molecule has 0 aliphatic rings. The highest BCUT2D eigenvalue weighted by molar-refractivity contribution is 5.94. The molecule has 0 radical (unpaired) electrons. The van der Waals surface area contributed by atoms with Crippen LogP contribution in [-0.2, 0) is 6.54 Å². The van der Waals surface area contributed by atoms with E-state index in [4.69, 9.17) is 15.9 Å². The Hall–Kier alpha value is -3.34. The summed E-state index contributed by atoms with van der Waals surface area (Å²) < 4.78 is 50.7. The van der Waals surface area contributed by atoms with Crippen LogP contribution in [0.2, 0.25) is 0 Å². The lowest BCUT2D eigenvalue weighted by Gasteiger charge is -2.12. The van der Waals surface area contributed by atoms with E-state index in [-0.39, 0.29) is 18.7 Å². The first-order chi connectivity index (χ1) is 12.8. The molecule has 0 saturated carbocycles. The number of benzene rings is 2. The minimum atomic E-state index is -4.78. The van der Waals surface area contributed by atoms with Crippen LogP contribution < -0.4 is 19.5 Å². The van der Waals surface area contributed by atoms with Crippen molar-refractivity contribution in [2.45, 2.75) is 12.9 Å². The van der Waals surface area contributed by atoms with Crippen molar-refractivity contribution in [3.8, 4) is 29.6 Å². The Balaban J connectivity index is 1.99. The number of nitrogens with one attached hydrogen (secondary N) is 1. The average Bonchev–Trinajstić information content (AvgIpc) is 2.63. The maximum atomic E-state index is 12.1. The Morgan fingerprint density at radius 3 is 2.44 bits per heavy atom. The lowest BCUT2D eigenvalue weighted by molar-refractivity contribution is -0.274. The summed E-state index contributed by atoms with van der Waals surface area (Å²) in [6.45, 7) is 0.245. The van der Waals surface area contributed by atoms with Gasteiger partial charge >= 0.3 is 6.36 Å². The van der Waals surface area contributed by atoms with Gasteiger partial charge in [-0.1, -0.05) is 12.0 Å². The van der Waals surface area contributed by atoms with E-state index in [1.165, 1.54) is 19.2 Å². The van der Waals surface area contributed by atoms with E-state index in [9.17, 15) is 18.0 Å². The third kappa shape index (κ3) is 6.15. The first-order valence-corrected chi connectivity index (χ1v) is 7.69. The zero-order chi connectivity index (χ0) is 19.9. The van der Waals surface area contributed by atoms with E-state index in [1.54, 1.807) is 18.2 Å². The molecule has 27 heavy (non-hydrogen) atoms. The van der Waals surface area contributed by atoms with Gasteiger partial charge in [0.05, 0.1) is 7.11 Å². The third-order valence-electron chi connectivity index (χ3n) is 3.34. The topological polar surface area (TPSA) is 56.8 Å². The highest BCUT2D eigenvalue weighted by Gasteiger charge is 2.31. The lowest BCUT2D eigenvalue weighted by Crippen LogP contribution is -2.23. The number of alkyl halides is 3. The lowest BCUT2D eigenvalue weighted by atomic mass is 10.1. The second kappa shape index (κ2) is 8.85. The number of amides is 1. The molecule has 0 bridgehead atoms. The van der Waals surface area contributed by atoms with Crippen molar-refractivity contribution >= 4 is 5.91 Å². The predicted octanol–water partition coefficient (Wildman–Crippen LogP) is 3.54. The molecule has 0 aliphatic heterocycles. The van der Waals surface area contributed by atoms with Gasteiger partial charge in [-0.15, -0.1) is 19.6 Å². The molecule has 0 aromatic heterocycles. The molecular formula is C19H16F3NO4. The monoisotopic (exact) mass is 379 g/mol. The van der Waals surface area contributed by atoms with Crippen molar-refractivity contribution in [3.05, 3.63) is 53.6 Å². The predicted molar refractivity (Wildman–Crippen MR) is 91.6 cm³/mol. The van der Waals surface area contributed by atoms with Gasteiger partial charge in [0.25, 0.3) is 5.91 Å². The SMILES string of the molecule is C#CCOc1cc(CNC(=O)c2ccc(OC(F)(F)F)cc2)ccc1OC. The van der Waals surface area contributed by atoms with Crippen LogP contribution in [0.4, 0.5) is 13.2 Å². The van der Waals surface area contributed by atoms with Crippen LogP contribution in [-0.4, -0.2) is 26.0 Å². The highest BCUT2D eigenvalue weighted by Crippen LogP contribution is 2.28. The fourth-order valence-corrected chi connectivity index (χ4v) is 2.16. The summed E-state index contributed by atoms with van der Waals surface area (Å²) >= 11 is 0. The van der Waals surface area contributed by atoms with Crippen LogP contribution in [0.25, 0.3) is 0 Å². The molecule has 0 aliphatic carbocycles. The molecule has 2 aromatic rings. The molecule has 0 heterocycles. The highest BCUT2D eigenvalue weighted by atomic mass is 19.4. The fraction of sp³-hybridized carbons (Fsp3) is 0.211. The quantitative estimate of drug-likeness (QED) is 0.748. The molecule has 5 nitrogen and oxygen atoms in total. The summed E-state index contributed by atoms with van der Waals surface area (Å²) in [4.78, 5) is 12.1. The van der Waals surface area contributed by atoms with Crippen LogP contribution in [0.3, 0.4) is 0 Å². The molecule has 1 amide bonds. The summed E-state index contributed by atoms with van der Waals surface area (Å²) in [6, 6.07) is 9.72. The number of halogens is 3. The molecule has 2 rings (SSSR count). The van der Waals surface area contributed by atoms with E-state index in [2.05, 4.69) is 16.0 Å². The molecule has 8 heteroatoms. The third-order valence-corrected chi connectivity index (χ3v) is 3.34. The van der Waals surface area contributed by atoms with Gasteiger partial charge in [0.15, 0.2) is 11.5 Å². The normalized spacial score (nSPS) is 10.6. The van der Waals surface area contributed by atoms with Gasteiger partial charge in [-0.3, -0.25) is 4.79 Å². The largest absolute Gasteiger partial charge is 0.573 e. The van der Waals surface area contributed by atoms with Crippen molar-refractivity contribution in [2.24, 2.45) is 0 Å². The van der Waals surface area contributed by atoms with Crippen LogP contribution in [0.1, 0.15) is 15.9 Å². The van der Waals surface area contributed by atoms with E-state index >= 15 is 0 Å². The van der Waals surface area contributed by atoms with Crippen molar-refractivity contribution in [3.63, 3.8) is 0 Å². The van der Waals surface area contributed by atoms with Gasteiger partial charge < -0.3 is 19.5 Å². The number of hydrogen-bond donors (Lipinski definition) is 1. The molecule has 142 valence electrons. The van der Waals surface area contributed by atoms with Gasteiger partial charge in [-0.05, 0) is 42.0 Å². The summed E-state index contributed by atoms with van der Waals surface area (Å²) in [5.41, 5.74) is 0.926. The summed E-state index contributed by atoms with van der Waals surface area (Å²) in [5.74, 6) is 2.44. The Labute approximate surface area is 154 Å². The smallest absolute Gasteiger partial charge is 0.493 e. The Kier molecular flexibility index (Phi) is 6.55. The van der Waals surface area contributed by atoms with Gasteiger partial charge in [0.1, 0.15) is 12.4 Å². The molecule has 0 spiro atoms. The fourth-order valence-electron chi connectivity index (χ4n) is 2.16. The zero-order valence-corrected chi connectivity index (χ0v) is 14.3. The zero-order valence-electron chi connectivity index (χ0n) is 14.3. The van der Waals surface area contributed by atoms with Crippen molar-refractivity contribution in [1.82, 2.24) is 5.32 Å². The second-order valence-electron chi connectivity index (χ2n) is 5.23. The maximum absolute atomic E-state index is 12.1.